The first kappa shape index (κ1) is 82.9. The monoisotopic (exact) mass is 1600 g/mol. The molecule has 3 fully saturated rings. The Morgan fingerprint density at radius 2 is 0.696 bits per heavy atom. The second-order valence-electron chi connectivity index (χ2n) is 27.3. The van der Waals surface area contributed by atoms with Crippen LogP contribution >= 0.6 is 0 Å². The molecular weight excluding hydrogens is 1520 g/mol. The van der Waals surface area contributed by atoms with E-state index in [1.165, 1.54) is 67.1 Å². The molecule has 604 valence electrons. The number of alkyl halides is 9. The molecule has 0 spiro atoms. The van der Waals surface area contributed by atoms with Crippen molar-refractivity contribution in [1.29, 1.82) is 0 Å². The van der Waals surface area contributed by atoms with Crippen molar-refractivity contribution < 1.29 is 95.7 Å². The van der Waals surface area contributed by atoms with Crippen molar-refractivity contribution in [3.05, 3.63) is 211 Å². The first-order valence-electron chi connectivity index (χ1n) is 36.3. The number of halogens is 9. The zero-order valence-electron chi connectivity index (χ0n) is 62.4. The number of nitrogens with zero attached hydrogens (tertiary/aromatic N) is 12. The molecule has 9 heterocycles. The minimum Gasteiger partial charge on any atom is -0.449 e. The predicted molar refractivity (Wildman–Crippen MR) is 403 cm³/mol. The van der Waals surface area contributed by atoms with Gasteiger partial charge < -0.3 is 72.8 Å². The maximum absolute atomic E-state index is 13.6. The fourth-order valence-electron chi connectivity index (χ4n) is 11.6. The molecule has 115 heavy (non-hydrogen) atoms. The molecule has 0 radical (unpaired) electrons. The summed E-state index contributed by atoms with van der Waals surface area (Å²) in [4.78, 5) is 110. The van der Waals surface area contributed by atoms with Gasteiger partial charge in [0, 0.05) is 95.2 Å². The molecule has 4 aromatic carbocycles. The van der Waals surface area contributed by atoms with E-state index in [0.29, 0.717) is 132 Å². The van der Waals surface area contributed by atoms with E-state index in [1.807, 2.05) is 41.5 Å². The molecule has 3 aliphatic rings. The largest absolute Gasteiger partial charge is 0.452 e. The maximum Gasteiger partial charge on any atom is 0.452 e. The molecule has 27 nitrogen and oxygen atoms in total. The summed E-state index contributed by atoms with van der Waals surface area (Å²) >= 11 is 0. The van der Waals surface area contributed by atoms with Crippen LogP contribution in [0.3, 0.4) is 0 Å². The number of ether oxygens (including phenoxy) is 3. The van der Waals surface area contributed by atoms with Crippen LogP contribution in [-0.2, 0) is 28.0 Å². The molecule has 36 heteroatoms. The Labute approximate surface area is 652 Å². The molecular formula is C79H78F9N15O12. The highest BCUT2D eigenvalue weighted by molar-refractivity contribution is 6.05. The number of nitrogens with one attached hydrogen (secondary N) is 3. The average Bonchev–Trinajstić information content (AvgIpc) is 1.66. The number of benzene rings is 4. The van der Waals surface area contributed by atoms with Crippen LogP contribution in [-0.4, -0.2) is 172 Å². The fourth-order valence-corrected chi connectivity index (χ4v) is 11.6. The van der Waals surface area contributed by atoms with E-state index in [2.05, 4.69) is 52.8 Å². The number of para-hydroxylation sites is 1. The lowest BCUT2D eigenvalue weighted by atomic mass is 9.99. The summed E-state index contributed by atoms with van der Waals surface area (Å²) in [6.45, 7) is 14.6. The van der Waals surface area contributed by atoms with Gasteiger partial charge in [-0.3, -0.25) is 14.4 Å². The third-order valence-corrected chi connectivity index (χ3v) is 17.5. The molecule has 0 bridgehead atoms. The van der Waals surface area contributed by atoms with Crippen molar-refractivity contribution in [3.63, 3.8) is 0 Å². The summed E-state index contributed by atoms with van der Waals surface area (Å²) in [5, 5.41) is 7.21. The minimum absolute atomic E-state index is 0.120. The van der Waals surface area contributed by atoms with Crippen molar-refractivity contribution in [2.75, 3.05) is 122 Å². The van der Waals surface area contributed by atoms with Gasteiger partial charge in [0.25, 0.3) is 17.7 Å². The molecule has 0 atom stereocenters. The smallest absolute Gasteiger partial charge is 0.449 e. The summed E-state index contributed by atoms with van der Waals surface area (Å²) in [6.07, 6.45) is -8.88. The average molecular weight is 1600 g/mol. The number of carbonyl (C=O) groups excluding carboxylic acids is 6. The topological polar surface area (TPSA) is 302 Å². The van der Waals surface area contributed by atoms with E-state index in [4.69, 9.17) is 27.5 Å². The fraction of sp³-hybridized carbons (Fsp3) is 0.316. The zero-order chi connectivity index (χ0) is 82.0. The van der Waals surface area contributed by atoms with Gasteiger partial charge in [-0.15, -0.1) is 0 Å². The number of piperazine rings is 3. The van der Waals surface area contributed by atoms with Crippen molar-refractivity contribution in [1.82, 2.24) is 44.6 Å². The van der Waals surface area contributed by atoms with Gasteiger partial charge in [-0.05, 0) is 96.8 Å². The van der Waals surface area contributed by atoms with Crippen molar-refractivity contribution >= 4 is 70.5 Å². The van der Waals surface area contributed by atoms with Crippen LogP contribution in [0.2, 0.25) is 0 Å². The second-order valence-corrected chi connectivity index (χ2v) is 27.3. The lowest BCUT2D eigenvalue weighted by Crippen LogP contribution is -2.49. The molecule has 10 aromatic rings. The van der Waals surface area contributed by atoms with Crippen LogP contribution in [0.25, 0.3) is 34.4 Å². The molecule has 0 saturated carbocycles. The Morgan fingerprint density at radius 1 is 0.391 bits per heavy atom. The minimum atomic E-state index is -4.91. The number of anilines is 6. The van der Waals surface area contributed by atoms with E-state index in [-0.39, 0.29) is 52.3 Å². The molecule has 6 amide bonds. The Bertz CT molecular complexity index is 4900. The maximum atomic E-state index is 13.6. The van der Waals surface area contributed by atoms with E-state index >= 15 is 0 Å². The number of amides is 6. The van der Waals surface area contributed by atoms with Crippen molar-refractivity contribution in [2.24, 2.45) is 5.41 Å². The van der Waals surface area contributed by atoms with E-state index in [0.717, 1.165) is 19.3 Å². The highest BCUT2D eigenvalue weighted by Crippen LogP contribution is 2.39. The van der Waals surface area contributed by atoms with Gasteiger partial charge in [-0.1, -0.05) is 113 Å². The first-order valence-corrected chi connectivity index (χ1v) is 36.3. The van der Waals surface area contributed by atoms with Crippen LogP contribution in [0.15, 0.2) is 190 Å². The third-order valence-electron chi connectivity index (χ3n) is 17.5. The normalized spacial score (nSPS) is 14.0. The van der Waals surface area contributed by atoms with Crippen molar-refractivity contribution in [3.8, 4) is 40.1 Å². The molecule has 0 unspecified atom stereocenters. The quantitative estimate of drug-likeness (QED) is 0.0531. The van der Waals surface area contributed by atoms with Gasteiger partial charge in [0.05, 0.1) is 48.9 Å². The number of carbonyl (C=O) groups is 6. The third kappa shape index (κ3) is 22.6. The van der Waals surface area contributed by atoms with Crippen LogP contribution in [0.1, 0.15) is 95.7 Å². The standard InChI is InChI=1S/C27H22F3N5O4.2C26H28F3N5O4/c28-27(29,30)23-22(33-25(39-23)18-7-3-1-4-8-18)24(36)32-19-11-12-21(31-17-19)34-13-15-35(16-14-34)26(37)38-20-9-5-2-6-10-20;1-25(2,3)16-37-24(36)34-13-11-33(12-14-34)19-10-9-18(15-30-19)31-22(35)20-21(26(27,28)29)38-23(32-20)17-7-5-4-6-8-17;1-2-3-7-16-37-25(36)34-14-12-33(13-15-34)20-11-10-19(17-30-20)31-23(35)21-22(26(27,28)29)38-24(32-21)18-8-5-4-6-9-18/h1-12,17H,13-16H2,(H,32,36);4-10,15H,11-14,16H2,1-3H3,(H,31,35);4-6,8-11,17H,2-3,7,12-16H2,1H3,(H,31,35). The highest BCUT2D eigenvalue weighted by Gasteiger charge is 2.45. The van der Waals surface area contributed by atoms with Crippen LogP contribution in [0.4, 0.5) is 88.4 Å². The van der Waals surface area contributed by atoms with Gasteiger partial charge in [0.2, 0.25) is 35.0 Å². The van der Waals surface area contributed by atoms with Crippen LogP contribution < -0.4 is 35.4 Å². The van der Waals surface area contributed by atoms with E-state index in [1.54, 1.807) is 118 Å². The van der Waals surface area contributed by atoms with Gasteiger partial charge >= 0.3 is 36.8 Å². The summed E-state index contributed by atoms with van der Waals surface area (Å²) in [6, 6.07) is 42.4. The number of pyridine rings is 3. The number of unbranched alkanes of at least 4 members (excludes halogenated alkanes) is 2. The van der Waals surface area contributed by atoms with Gasteiger partial charge in [0.1, 0.15) is 23.2 Å². The summed E-state index contributed by atoms with van der Waals surface area (Å²) in [7, 11) is 0. The Kier molecular flexibility index (Phi) is 26.7. The number of rotatable bonds is 18. The van der Waals surface area contributed by atoms with Gasteiger partial charge in [0.15, 0.2) is 17.1 Å². The number of hydrogen-bond acceptors (Lipinski definition) is 21. The number of hydrogen-bond donors (Lipinski definition) is 3. The van der Waals surface area contributed by atoms with E-state index < -0.39 is 76.7 Å². The van der Waals surface area contributed by atoms with Gasteiger partial charge in [-0.2, -0.15) is 39.5 Å². The number of aromatic nitrogens is 6. The zero-order valence-corrected chi connectivity index (χ0v) is 62.4. The molecule has 3 aliphatic heterocycles. The van der Waals surface area contributed by atoms with Crippen LogP contribution in [0.5, 0.6) is 5.75 Å². The highest BCUT2D eigenvalue weighted by atomic mass is 19.4. The summed E-state index contributed by atoms with van der Waals surface area (Å²) < 4.78 is 153. The second kappa shape index (κ2) is 37.1. The molecule has 13 rings (SSSR count). The lowest BCUT2D eigenvalue weighted by molar-refractivity contribution is -0.153. The van der Waals surface area contributed by atoms with Crippen molar-refractivity contribution in [2.45, 2.75) is 65.5 Å². The SMILES string of the molecule is CC(C)(C)COC(=O)N1CCN(c2ccc(NC(=O)c3nc(-c4ccccc4)oc3C(F)(F)F)cn2)CC1.CCCCCOC(=O)N1CCN(c2ccc(NC(=O)c3nc(-c4ccccc4)oc3C(F)(F)F)cn2)CC1.O=C(Nc1ccc(N2CCN(C(=O)Oc3ccccc3)CC2)nc1)c1nc(-c2ccccc2)oc1C(F)(F)F. The van der Waals surface area contributed by atoms with Gasteiger partial charge in [-0.25, -0.2) is 44.3 Å². The lowest BCUT2D eigenvalue weighted by Gasteiger charge is -2.35. The molecule has 3 N–H and O–H groups in total. The Hall–Kier alpha value is -13.1. The summed E-state index contributed by atoms with van der Waals surface area (Å²) in [5.41, 5.74) is -1.21. The Balaban J connectivity index is 0.000000170. The first-order chi connectivity index (χ1) is 54.9. The number of oxazole rings is 3. The summed E-state index contributed by atoms with van der Waals surface area (Å²) in [5.74, 6) is -6.28. The Morgan fingerprint density at radius 3 is 0.983 bits per heavy atom. The molecule has 0 aliphatic carbocycles. The van der Waals surface area contributed by atoms with Crippen LogP contribution in [0, 0.1) is 5.41 Å². The molecule has 3 saturated heterocycles. The predicted octanol–water partition coefficient (Wildman–Crippen LogP) is 16.1. The van der Waals surface area contributed by atoms with E-state index in [9.17, 15) is 68.3 Å². The molecule has 6 aromatic heterocycles.